The summed E-state index contributed by atoms with van der Waals surface area (Å²) in [4.78, 5) is 15.7. The van der Waals surface area contributed by atoms with Gasteiger partial charge < -0.3 is 14.5 Å². The Bertz CT molecular complexity index is 412. The van der Waals surface area contributed by atoms with Gasteiger partial charge in [0.25, 0.3) is 0 Å². The van der Waals surface area contributed by atoms with Crippen LogP contribution in [0.4, 0.5) is 0 Å². The summed E-state index contributed by atoms with van der Waals surface area (Å²) in [6.45, 7) is 11.5. The van der Waals surface area contributed by atoms with Gasteiger partial charge in [-0.15, -0.1) is 0 Å². The monoisotopic (exact) mass is 325 g/mol. The zero-order valence-electron chi connectivity index (χ0n) is 15.0. The summed E-state index contributed by atoms with van der Waals surface area (Å²) in [5.41, 5.74) is 0. The molecule has 1 aromatic heterocycles. The van der Waals surface area contributed by atoms with E-state index in [1.807, 2.05) is 38.2 Å². The van der Waals surface area contributed by atoms with Crippen LogP contribution in [0.1, 0.15) is 52.3 Å². The highest BCUT2D eigenvalue weighted by Crippen LogP contribution is 1.92. The lowest BCUT2D eigenvalue weighted by Crippen LogP contribution is -2.23. The van der Waals surface area contributed by atoms with Gasteiger partial charge >= 0.3 is 0 Å². The molecule has 132 valence electrons. The molecular formula is C17H31N3O3. The van der Waals surface area contributed by atoms with E-state index in [1.54, 1.807) is 11.8 Å². The van der Waals surface area contributed by atoms with E-state index < -0.39 is 0 Å². The van der Waals surface area contributed by atoms with Crippen LogP contribution in [-0.2, 0) is 11.4 Å². The third kappa shape index (κ3) is 16.2. The Morgan fingerprint density at radius 1 is 1.13 bits per heavy atom. The van der Waals surface area contributed by atoms with Gasteiger partial charge in [-0.2, -0.15) is 4.98 Å². The second kappa shape index (κ2) is 18.1. The van der Waals surface area contributed by atoms with Crippen LogP contribution in [0, 0.1) is 6.92 Å². The van der Waals surface area contributed by atoms with Crippen molar-refractivity contribution in [2.75, 3.05) is 13.1 Å². The molecule has 0 saturated carbocycles. The molecule has 0 aliphatic carbocycles. The molecule has 0 saturated heterocycles. The van der Waals surface area contributed by atoms with Crippen LogP contribution in [0.5, 0.6) is 0 Å². The lowest BCUT2D eigenvalue weighted by Gasteiger charge is -2.13. The van der Waals surface area contributed by atoms with Crippen molar-refractivity contribution in [3.8, 4) is 0 Å². The van der Waals surface area contributed by atoms with Crippen molar-refractivity contribution in [3.63, 3.8) is 0 Å². The van der Waals surface area contributed by atoms with Gasteiger partial charge in [-0.1, -0.05) is 43.3 Å². The van der Waals surface area contributed by atoms with E-state index >= 15 is 0 Å². The molecule has 1 amide bonds. The molecule has 0 atom stereocenters. The van der Waals surface area contributed by atoms with Gasteiger partial charge in [-0.05, 0) is 26.7 Å². The van der Waals surface area contributed by atoms with Crippen LogP contribution in [0.25, 0.3) is 0 Å². The van der Waals surface area contributed by atoms with Gasteiger partial charge in [-0.25, -0.2) is 0 Å². The predicted molar refractivity (Wildman–Crippen MR) is 92.8 cm³/mol. The fourth-order valence-corrected chi connectivity index (χ4v) is 1.42. The first-order valence-corrected chi connectivity index (χ1v) is 7.92. The largest absolute Gasteiger partial charge is 0.388 e. The van der Waals surface area contributed by atoms with E-state index in [2.05, 4.69) is 28.5 Å². The van der Waals surface area contributed by atoms with E-state index in [-0.39, 0.29) is 6.61 Å². The molecule has 0 aliphatic rings. The third-order valence-corrected chi connectivity index (χ3v) is 2.38. The molecule has 23 heavy (non-hydrogen) atoms. The first kappa shape index (κ1) is 23.3. The summed E-state index contributed by atoms with van der Waals surface area (Å²) in [5, 5.41) is 11.8. The summed E-state index contributed by atoms with van der Waals surface area (Å²) in [6.07, 6.45) is 11.0. The standard InChI is InChI=1S/C7H15NO.C6H10.C4H6N2O2/c1-3-5-8(7-9)6-4-2;1-3-5-6-4-2;1-3-5-4(2-7)6-8-3/h7H,3-6H2,1-2H3;3-6H,1-2H3;7H,2H2,1H3/b;5-3-,6-4-;. The number of hydrogen-bond acceptors (Lipinski definition) is 5. The number of nitrogens with zero attached hydrogens (tertiary/aromatic N) is 3. The smallest absolute Gasteiger partial charge is 0.223 e. The van der Waals surface area contributed by atoms with Gasteiger partial charge in [0, 0.05) is 20.0 Å². The Morgan fingerprint density at radius 3 is 1.87 bits per heavy atom. The molecule has 0 radical (unpaired) electrons. The number of aromatic nitrogens is 2. The SMILES string of the molecule is C/C=C\C=C/C.CCCN(C=O)CCC.Cc1nc(CO)no1. The predicted octanol–water partition coefficient (Wildman–Crippen LogP) is 3.27. The number of carbonyl (C=O) groups excluding carboxylic acids is 1. The Kier molecular flexibility index (Phi) is 18.4. The van der Waals surface area contributed by atoms with E-state index in [1.165, 1.54) is 0 Å². The van der Waals surface area contributed by atoms with Crippen molar-refractivity contribution >= 4 is 6.41 Å². The number of allylic oxidation sites excluding steroid dienone is 4. The van der Waals surface area contributed by atoms with Crippen LogP contribution in [0.2, 0.25) is 0 Å². The molecule has 6 heteroatoms. The Labute approximate surface area is 139 Å². The molecule has 0 aromatic carbocycles. The Balaban J connectivity index is 0. The fraction of sp³-hybridized carbons (Fsp3) is 0.588. The van der Waals surface area contributed by atoms with E-state index in [9.17, 15) is 4.79 Å². The molecule has 0 fully saturated rings. The second-order valence-corrected chi connectivity index (χ2v) is 4.58. The van der Waals surface area contributed by atoms with Crippen molar-refractivity contribution in [1.82, 2.24) is 15.0 Å². The zero-order chi connectivity index (χ0) is 17.9. The topological polar surface area (TPSA) is 79.5 Å². The number of amides is 1. The zero-order valence-corrected chi connectivity index (χ0v) is 15.0. The molecule has 0 unspecified atom stereocenters. The molecule has 1 aromatic rings. The number of aliphatic hydroxyl groups is 1. The summed E-state index contributed by atoms with van der Waals surface area (Å²) in [5.74, 6) is 0.816. The van der Waals surface area contributed by atoms with Crippen molar-refractivity contribution in [3.05, 3.63) is 36.0 Å². The first-order valence-electron chi connectivity index (χ1n) is 7.92. The van der Waals surface area contributed by atoms with Gasteiger partial charge in [0.2, 0.25) is 12.3 Å². The summed E-state index contributed by atoms with van der Waals surface area (Å²) < 4.78 is 4.53. The minimum Gasteiger partial charge on any atom is -0.388 e. The third-order valence-electron chi connectivity index (χ3n) is 2.38. The maximum absolute atomic E-state index is 10.2. The van der Waals surface area contributed by atoms with Crippen molar-refractivity contribution in [1.29, 1.82) is 0 Å². The highest BCUT2D eigenvalue weighted by molar-refractivity contribution is 5.46. The average Bonchev–Trinajstić information content (AvgIpc) is 2.99. The number of aryl methyl sites for hydroxylation is 1. The van der Waals surface area contributed by atoms with Crippen molar-refractivity contribution in [2.24, 2.45) is 0 Å². The minimum atomic E-state index is -0.155. The van der Waals surface area contributed by atoms with Crippen LogP contribution in [0.15, 0.2) is 28.8 Å². The highest BCUT2D eigenvalue weighted by atomic mass is 16.5. The van der Waals surface area contributed by atoms with E-state index in [0.717, 1.165) is 32.3 Å². The molecule has 1 rings (SSSR count). The molecule has 0 spiro atoms. The molecule has 6 nitrogen and oxygen atoms in total. The number of rotatable bonds is 7. The van der Waals surface area contributed by atoms with Crippen LogP contribution in [0.3, 0.4) is 0 Å². The lowest BCUT2D eigenvalue weighted by atomic mass is 10.4. The Hall–Kier alpha value is -1.95. The molecule has 1 heterocycles. The number of hydrogen-bond donors (Lipinski definition) is 1. The first-order chi connectivity index (χ1) is 11.1. The van der Waals surface area contributed by atoms with Gasteiger partial charge in [0.05, 0.1) is 0 Å². The van der Waals surface area contributed by atoms with Gasteiger partial charge in [0.15, 0.2) is 5.82 Å². The lowest BCUT2D eigenvalue weighted by molar-refractivity contribution is -0.118. The summed E-state index contributed by atoms with van der Waals surface area (Å²) >= 11 is 0. The number of aliphatic hydroxyl groups excluding tert-OH is 1. The molecule has 0 bridgehead atoms. The number of carbonyl (C=O) groups is 1. The summed E-state index contributed by atoms with van der Waals surface area (Å²) in [6, 6.07) is 0. The van der Waals surface area contributed by atoms with Crippen LogP contribution >= 0.6 is 0 Å². The van der Waals surface area contributed by atoms with Crippen LogP contribution < -0.4 is 0 Å². The molecular weight excluding hydrogens is 294 g/mol. The fourth-order valence-electron chi connectivity index (χ4n) is 1.42. The highest BCUT2D eigenvalue weighted by Gasteiger charge is 1.96. The average molecular weight is 325 g/mol. The molecule has 1 N–H and O–H groups in total. The quantitative estimate of drug-likeness (QED) is 0.615. The van der Waals surface area contributed by atoms with Crippen LogP contribution in [-0.4, -0.2) is 39.6 Å². The minimum absolute atomic E-state index is 0.155. The Morgan fingerprint density at radius 2 is 1.65 bits per heavy atom. The van der Waals surface area contributed by atoms with Gasteiger partial charge in [0.1, 0.15) is 6.61 Å². The van der Waals surface area contributed by atoms with Crippen molar-refractivity contribution < 1.29 is 14.4 Å². The van der Waals surface area contributed by atoms with E-state index in [4.69, 9.17) is 5.11 Å². The normalized spacial score (nSPS) is 10.0. The second-order valence-electron chi connectivity index (χ2n) is 4.58. The maximum atomic E-state index is 10.2. The molecule has 0 aliphatic heterocycles. The van der Waals surface area contributed by atoms with Crippen molar-refractivity contribution in [2.45, 2.75) is 54.1 Å². The maximum Gasteiger partial charge on any atom is 0.223 e. The van der Waals surface area contributed by atoms with E-state index in [0.29, 0.717) is 11.7 Å². The van der Waals surface area contributed by atoms with Gasteiger partial charge in [-0.3, -0.25) is 4.79 Å². The summed E-state index contributed by atoms with van der Waals surface area (Å²) in [7, 11) is 0.